The highest BCUT2D eigenvalue weighted by atomic mass is 32.2. The Labute approximate surface area is 149 Å². The smallest absolute Gasteiger partial charge is 0.269 e. The highest BCUT2D eigenvalue weighted by molar-refractivity contribution is 7.98. The van der Waals surface area contributed by atoms with Crippen molar-refractivity contribution < 1.29 is 14.5 Å². The van der Waals surface area contributed by atoms with E-state index in [0.29, 0.717) is 11.3 Å². The summed E-state index contributed by atoms with van der Waals surface area (Å²) < 4.78 is 0. The molecule has 0 unspecified atom stereocenters. The molecule has 0 aliphatic heterocycles. The highest BCUT2D eigenvalue weighted by Crippen LogP contribution is 2.19. The first-order chi connectivity index (χ1) is 12.0. The first-order valence-corrected chi connectivity index (χ1v) is 8.68. The van der Waals surface area contributed by atoms with Crippen LogP contribution in [0.3, 0.4) is 0 Å². The van der Waals surface area contributed by atoms with E-state index in [0.717, 1.165) is 4.90 Å². The number of hydrogen-bond donors (Lipinski definition) is 2. The second-order valence-electron chi connectivity index (χ2n) is 5.09. The first kappa shape index (κ1) is 18.5. The van der Waals surface area contributed by atoms with E-state index in [1.54, 1.807) is 17.8 Å². The Morgan fingerprint density at radius 2 is 1.88 bits per heavy atom. The number of nitrogens with zero attached hydrogens (tertiary/aromatic N) is 1. The Hall–Kier alpha value is -2.87. The van der Waals surface area contributed by atoms with Crippen LogP contribution in [0.15, 0.2) is 53.4 Å². The molecule has 2 amide bonds. The van der Waals surface area contributed by atoms with Crippen molar-refractivity contribution in [1.82, 2.24) is 5.32 Å². The summed E-state index contributed by atoms with van der Waals surface area (Å²) in [6.07, 6.45) is 2.08. The average molecular weight is 359 g/mol. The lowest BCUT2D eigenvalue weighted by Crippen LogP contribution is -2.27. The quantitative estimate of drug-likeness (QED) is 0.449. The van der Waals surface area contributed by atoms with Gasteiger partial charge in [0.1, 0.15) is 0 Å². The van der Waals surface area contributed by atoms with E-state index >= 15 is 0 Å². The van der Waals surface area contributed by atoms with Crippen LogP contribution in [0.4, 0.5) is 11.4 Å². The van der Waals surface area contributed by atoms with Crippen molar-refractivity contribution in [2.75, 3.05) is 18.1 Å². The van der Waals surface area contributed by atoms with Crippen molar-refractivity contribution in [3.63, 3.8) is 0 Å². The molecule has 0 aliphatic rings. The number of non-ortho nitro benzene ring substituents is 1. The van der Waals surface area contributed by atoms with E-state index in [9.17, 15) is 19.7 Å². The van der Waals surface area contributed by atoms with Crippen LogP contribution in [0.5, 0.6) is 0 Å². The molecule has 0 heterocycles. The van der Waals surface area contributed by atoms with Gasteiger partial charge in [-0.3, -0.25) is 19.7 Å². The summed E-state index contributed by atoms with van der Waals surface area (Å²) in [6.45, 7) is 0.171. The summed E-state index contributed by atoms with van der Waals surface area (Å²) in [4.78, 5) is 34.9. The second kappa shape index (κ2) is 8.84. The van der Waals surface area contributed by atoms with Crippen molar-refractivity contribution in [1.29, 1.82) is 0 Å². The van der Waals surface area contributed by atoms with Gasteiger partial charge in [-0.15, -0.1) is 11.8 Å². The maximum atomic E-state index is 11.9. The number of thioether (sulfide) groups is 1. The summed E-state index contributed by atoms with van der Waals surface area (Å²) >= 11 is 1.58. The zero-order chi connectivity index (χ0) is 18.2. The number of nitro groups is 1. The van der Waals surface area contributed by atoms with Crippen molar-refractivity contribution in [3.8, 4) is 0 Å². The molecule has 0 atom stereocenters. The molecule has 2 aromatic carbocycles. The van der Waals surface area contributed by atoms with Gasteiger partial charge in [0.15, 0.2) is 0 Å². The minimum absolute atomic E-state index is 0.0802. The van der Waals surface area contributed by atoms with Crippen molar-refractivity contribution in [3.05, 3.63) is 64.2 Å². The molecule has 2 rings (SSSR count). The van der Waals surface area contributed by atoms with Crippen LogP contribution in [0.2, 0.25) is 0 Å². The molecule has 0 fully saturated rings. The summed E-state index contributed by atoms with van der Waals surface area (Å²) in [5.74, 6) is -0.589. The Balaban J connectivity index is 1.80. The van der Waals surface area contributed by atoms with Crippen LogP contribution < -0.4 is 10.6 Å². The fourth-order valence-corrected chi connectivity index (χ4v) is 2.51. The molecule has 0 aromatic heterocycles. The van der Waals surface area contributed by atoms with Gasteiger partial charge in [0, 0.05) is 41.2 Å². The van der Waals surface area contributed by atoms with Crippen molar-refractivity contribution >= 4 is 35.0 Å². The number of nitro benzene ring substituents is 1. The molecule has 8 heteroatoms. The maximum absolute atomic E-state index is 11.9. The van der Waals surface area contributed by atoms with E-state index in [4.69, 9.17) is 0 Å². The largest absolute Gasteiger partial charge is 0.352 e. The first-order valence-electron chi connectivity index (χ1n) is 7.46. The second-order valence-corrected chi connectivity index (χ2v) is 5.97. The van der Waals surface area contributed by atoms with Crippen LogP contribution in [0.25, 0.3) is 0 Å². The number of hydrogen-bond acceptors (Lipinski definition) is 5. The monoisotopic (exact) mass is 359 g/mol. The number of carbonyl (C=O) groups excluding carboxylic acids is 2. The molecular weight excluding hydrogens is 342 g/mol. The summed E-state index contributed by atoms with van der Waals surface area (Å²) in [5, 5.41) is 16.0. The molecular formula is C17H17N3O4S. The fraction of sp³-hybridized carbons (Fsp3) is 0.176. The van der Waals surface area contributed by atoms with Crippen molar-refractivity contribution in [2.45, 2.75) is 11.3 Å². The lowest BCUT2D eigenvalue weighted by molar-refractivity contribution is -0.384. The number of benzene rings is 2. The van der Waals surface area contributed by atoms with Crippen molar-refractivity contribution in [2.24, 2.45) is 0 Å². The highest BCUT2D eigenvalue weighted by Gasteiger charge is 2.10. The molecule has 2 aromatic rings. The number of anilines is 1. The van der Waals surface area contributed by atoms with Crippen LogP contribution >= 0.6 is 11.8 Å². The molecule has 0 saturated carbocycles. The van der Waals surface area contributed by atoms with Gasteiger partial charge in [0.2, 0.25) is 5.91 Å². The number of carbonyl (C=O) groups is 2. The molecule has 0 aliphatic carbocycles. The van der Waals surface area contributed by atoms with Crippen LogP contribution in [0, 0.1) is 10.1 Å². The molecule has 130 valence electrons. The van der Waals surface area contributed by atoms with Gasteiger partial charge in [-0.25, -0.2) is 0 Å². The molecule has 2 N–H and O–H groups in total. The SMILES string of the molecule is CSc1cccc(NC(=O)CCNC(=O)c2ccc([N+](=O)[O-])cc2)c1. The van der Waals surface area contributed by atoms with Gasteiger partial charge in [-0.1, -0.05) is 6.07 Å². The van der Waals surface area contributed by atoms with Gasteiger partial charge < -0.3 is 10.6 Å². The average Bonchev–Trinajstić information content (AvgIpc) is 2.61. The van der Waals surface area contributed by atoms with E-state index in [1.165, 1.54) is 24.3 Å². The Morgan fingerprint density at radius 1 is 1.16 bits per heavy atom. The third-order valence-electron chi connectivity index (χ3n) is 3.33. The third-order valence-corrected chi connectivity index (χ3v) is 4.06. The molecule has 0 bridgehead atoms. The van der Waals surface area contributed by atoms with Gasteiger partial charge in [0.05, 0.1) is 4.92 Å². The normalized spacial score (nSPS) is 10.1. The Bertz CT molecular complexity index is 778. The minimum Gasteiger partial charge on any atom is -0.352 e. The molecule has 7 nitrogen and oxygen atoms in total. The van der Waals surface area contributed by atoms with E-state index in [1.807, 2.05) is 24.5 Å². The standard InChI is InChI=1S/C17H17N3O4S/c1-25-15-4-2-3-13(11-15)19-16(21)9-10-18-17(22)12-5-7-14(8-6-12)20(23)24/h2-8,11H,9-10H2,1H3,(H,18,22)(H,19,21). The van der Waals surface area contributed by atoms with Gasteiger partial charge >= 0.3 is 0 Å². The molecule has 0 radical (unpaired) electrons. The lowest BCUT2D eigenvalue weighted by atomic mass is 10.2. The van der Waals surface area contributed by atoms with E-state index < -0.39 is 4.92 Å². The number of rotatable bonds is 7. The molecule has 25 heavy (non-hydrogen) atoms. The minimum atomic E-state index is -0.530. The fourth-order valence-electron chi connectivity index (χ4n) is 2.05. The molecule has 0 saturated heterocycles. The van der Waals surface area contributed by atoms with Gasteiger partial charge in [-0.2, -0.15) is 0 Å². The Morgan fingerprint density at radius 3 is 2.52 bits per heavy atom. The zero-order valence-electron chi connectivity index (χ0n) is 13.5. The van der Waals surface area contributed by atoms with Gasteiger partial charge in [-0.05, 0) is 36.6 Å². The Kier molecular flexibility index (Phi) is 6.53. The molecule has 0 spiro atoms. The van der Waals surface area contributed by atoms with E-state index in [2.05, 4.69) is 10.6 Å². The van der Waals surface area contributed by atoms with E-state index in [-0.39, 0.29) is 30.5 Å². The zero-order valence-corrected chi connectivity index (χ0v) is 14.3. The van der Waals surface area contributed by atoms with Crippen LogP contribution in [-0.2, 0) is 4.79 Å². The number of nitrogens with one attached hydrogen (secondary N) is 2. The van der Waals surface area contributed by atoms with Crippen LogP contribution in [0.1, 0.15) is 16.8 Å². The van der Waals surface area contributed by atoms with Gasteiger partial charge in [0.25, 0.3) is 11.6 Å². The predicted octanol–water partition coefficient (Wildman–Crippen LogP) is 3.08. The lowest BCUT2D eigenvalue weighted by Gasteiger charge is -2.08. The topological polar surface area (TPSA) is 101 Å². The number of amides is 2. The van der Waals surface area contributed by atoms with Crippen LogP contribution in [-0.4, -0.2) is 29.5 Å². The summed E-state index contributed by atoms with van der Waals surface area (Å²) in [7, 11) is 0. The summed E-state index contributed by atoms with van der Waals surface area (Å²) in [5.41, 5.74) is 0.931. The predicted molar refractivity (Wildman–Crippen MR) is 96.9 cm³/mol. The third kappa shape index (κ3) is 5.61. The summed E-state index contributed by atoms with van der Waals surface area (Å²) in [6, 6.07) is 12.8. The maximum Gasteiger partial charge on any atom is 0.269 e.